The number of thiophene rings is 1. The van der Waals surface area contributed by atoms with Crippen LogP contribution in [0.5, 0.6) is 0 Å². The summed E-state index contributed by atoms with van der Waals surface area (Å²) in [6.45, 7) is 0.466. The Morgan fingerprint density at radius 3 is 2.96 bits per heavy atom. The number of hydrogen-bond donors (Lipinski definition) is 1. The van der Waals surface area contributed by atoms with Crippen molar-refractivity contribution in [2.75, 3.05) is 5.32 Å². The van der Waals surface area contributed by atoms with Gasteiger partial charge in [0, 0.05) is 17.2 Å². The Bertz CT molecular complexity index is 1050. The molecule has 0 aromatic carbocycles. The zero-order valence-corrected chi connectivity index (χ0v) is 15.4. The number of nitrogens with zero attached hydrogens (tertiary/aromatic N) is 3. The van der Waals surface area contributed by atoms with Crippen molar-refractivity contribution >= 4 is 46.8 Å². The minimum absolute atomic E-state index is 0.325. The fraction of sp³-hybridized carbons (Fsp3) is 0.111. The molecule has 0 spiro atoms. The van der Waals surface area contributed by atoms with Gasteiger partial charge in [-0.25, -0.2) is 4.99 Å². The minimum atomic E-state index is -0.620. The maximum absolute atomic E-state index is 12.8. The van der Waals surface area contributed by atoms with Crippen LogP contribution in [0, 0.1) is 0 Å². The molecule has 1 aliphatic heterocycles. The van der Waals surface area contributed by atoms with Gasteiger partial charge in [-0.2, -0.15) is 9.78 Å². The van der Waals surface area contributed by atoms with Gasteiger partial charge in [0.1, 0.15) is 18.0 Å². The molecule has 0 saturated heterocycles. The lowest BCUT2D eigenvalue weighted by Gasteiger charge is -2.07. The molecule has 7 nitrogen and oxygen atoms in total. The number of halogens is 1. The van der Waals surface area contributed by atoms with Gasteiger partial charge < -0.3 is 9.73 Å². The van der Waals surface area contributed by atoms with E-state index in [2.05, 4.69) is 15.4 Å². The number of furan rings is 1. The second kappa shape index (κ2) is 7.34. The number of carbonyl (C=O) groups excluding carboxylic acids is 2. The maximum atomic E-state index is 12.8. The number of nitrogens with one attached hydrogen (secondary N) is 1. The van der Waals surface area contributed by atoms with Crippen molar-refractivity contribution in [2.24, 2.45) is 4.99 Å². The molecule has 9 heteroatoms. The van der Waals surface area contributed by atoms with Crippen molar-refractivity contribution in [3.63, 3.8) is 0 Å². The van der Waals surface area contributed by atoms with Crippen LogP contribution in [0.1, 0.15) is 26.8 Å². The van der Waals surface area contributed by atoms with Crippen LogP contribution in [0.2, 0.25) is 4.34 Å². The molecule has 3 aromatic rings. The van der Waals surface area contributed by atoms with E-state index < -0.39 is 5.92 Å². The van der Waals surface area contributed by atoms with E-state index in [0.717, 1.165) is 4.88 Å². The van der Waals surface area contributed by atoms with Crippen molar-refractivity contribution in [1.29, 1.82) is 0 Å². The van der Waals surface area contributed by atoms with Crippen LogP contribution in [0.15, 0.2) is 58.4 Å². The maximum Gasteiger partial charge on any atom is 0.283 e. The second-order valence-electron chi connectivity index (χ2n) is 5.72. The van der Waals surface area contributed by atoms with E-state index in [4.69, 9.17) is 16.0 Å². The molecule has 3 aromatic heterocycles. The lowest BCUT2D eigenvalue weighted by molar-refractivity contribution is -0.118. The van der Waals surface area contributed by atoms with Gasteiger partial charge in [-0.15, -0.1) is 11.3 Å². The first-order valence-corrected chi connectivity index (χ1v) is 9.21. The van der Waals surface area contributed by atoms with Crippen molar-refractivity contribution in [1.82, 2.24) is 9.78 Å². The van der Waals surface area contributed by atoms with E-state index in [1.165, 1.54) is 34.8 Å². The summed E-state index contributed by atoms with van der Waals surface area (Å²) < 4.78 is 6.91. The van der Waals surface area contributed by atoms with Crippen LogP contribution in [0.25, 0.3) is 0 Å². The Labute approximate surface area is 163 Å². The predicted molar refractivity (Wildman–Crippen MR) is 103 cm³/mol. The Balaban J connectivity index is 1.66. The van der Waals surface area contributed by atoms with E-state index in [-0.39, 0.29) is 11.8 Å². The predicted octanol–water partition coefficient (Wildman–Crippen LogP) is 3.74. The van der Waals surface area contributed by atoms with Gasteiger partial charge in [0.25, 0.3) is 11.8 Å². The Morgan fingerprint density at radius 1 is 1.37 bits per heavy atom. The summed E-state index contributed by atoms with van der Waals surface area (Å²) in [5.74, 6) is -0.839. The van der Waals surface area contributed by atoms with Gasteiger partial charge in [-0.1, -0.05) is 17.7 Å². The molecule has 0 aliphatic carbocycles. The van der Waals surface area contributed by atoms with Crippen LogP contribution in [-0.4, -0.2) is 27.8 Å². The van der Waals surface area contributed by atoms with E-state index in [1.807, 2.05) is 12.1 Å². The van der Waals surface area contributed by atoms with Crippen molar-refractivity contribution in [3.05, 3.63) is 69.4 Å². The molecule has 1 atom stereocenters. The molecule has 1 aliphatic rings. The van der Waals surface area contributed by atoms with E-state index in [9.17, 15) is 9.59 Å². The van der Waals surface area contributed by atoms with E-state index >= 15 is 0 Å². The third-order valence-corrected chi connectivity index (χ3v) is 5.17. The average Bonchev–Trinajstić information content (AvgIpc) is 3.41. The molecule has 1 amide bonds. The molecular formula is C18H13ClN4O3S. The smallest absolute Gasteiger partial charge is 0.283 e. The Kier molecular flexibility index (Phi) is 4.74. The zero-order valence-electron chi connectivity index (χ0n) is 13.8. The first kappa shape index (κ1) is 17.4. The molecule has 4 heterocycles. The molecule has 0 saturated carbocycles. The molecule has 136 valence electrons. The number of carbonyl (C=O) groups is 2. The number of rotatable bonds is 5. The number of dihydropyridines is 1. The topological polar surface area (TPSA) is 89.5 Å². The summed E-state index contributed by atoms with van der Waals surface area (Å²) in [7, 11) is 0. The summed E-state index contributed by atoms with van der Waals surface area (Å²) >= 11 is 7.41. The molecule has 0 fully saturated rings. The fourth-order valence-corrected chi connectivity index (χ4v) is 3.66. The molecule has 1 N–H and O–H groups in total. The third kappa shape index (κ3) is 3.62. The summed E-state index contributed by atoms with van der Waals surface area (Å²) in [5.41, 5.74) is 0.798. The first-order chi connectivity index (χ1) is 13.1. The highest BCUT2D eigenvalue weighted by Gasteiger charge is 2.25. The quantitative estimate of drug-likeness (QED) is 0.704. The normalized spacial score (nSPS) is 16.0. The number of hydrogen-bond acceptors (Lipinski definition) is 6. The zero-order chi connectivity index (χ0) is 18.8. The summed E-state index contributed by atoms with van der Waals surface area (Å²) in [6.07, 6.45) is 7.59. The third-order valence-electron chi connectivity index (χ3n) is 3.94. The van der Waals surface area contributed by atoms with Crippen LogP contribution in [0.4, 0.5) is 5.82 Å². The SMILES string of the molecule is O=C1N=CC=CC1c1cc(NCc2ccc(Cl)s2)n(C(=O)c2ccoc2)n1. The van der Waals surface area contributed by atoms with Crippen molar-refractivity contribution in [3.8, 4) is 0 Å². The molecule has 1 unspecified atom stereocenters. The van der Waals surface area contributed by atoms with Gasteiger partial charge in [0.2, 0.25) is 0 Å². The van der Waals surface area contributed by atoms with Gasteiger partial charge in [-0.05, 0) is 24.3 Å². The van der Waals surface area contributed by atoms with Crippen LogP contribution in [-0.2, 0) is 11.3 Å². The van der Waals surface area contributed by atoms with Crippen LogP contribution < -0.4 is 5.32 Å². The molecule has 0 radical (unpaired) electrons. The number of aromatic nitrogens is 2. The van der Waals surface area contributed by atoms with Crippen molar-refractivity contribution < 1.29 is 14.0 Å². The number of amides is 1. The standard InChI is InChI=1S/C18H13ClN4O3S/c19-15-4-3-12(27-15)9-21-16-8-14(13-2-1-6-20-17(13)24)22-23(16)18(25)11-5-7-26-10-11/h1-8,10,13,21H,9H2. The average molecular weight is 401 g/mol. The van der Waals surface area contributed by atoms with Gasteiger partial charge >= 0.3 is 0 Å². The highest BCUT2D eigenvalue weighted by atomic mass is 35.5. The first-order valence-electron chi connectivity index (χ1n) is 8.01. The van der Waals surface area contributed by atoms with E-state index in [0.29, 0.717) is 28.0 Å². The highest BCUT2D eigenvalue weighted by molar-refractivity contribution is 7.16. The van der Waals surface area contributed by atoms with E-state index in [1.54, 1.807) is 24.3 Å². The van der Waals surface area contributed by atoms with Gasteiger partial charge in [-0.3, -0.25) is 9.59 Å². The minimum Gasteiger partial charge on any atom is -0.472 e. The number of anilines is 1. The lowest BCUT2D eigenvalue weighted by Crippen LogP contribution is -2.17. The number of aliphatic imine (C=N–C) groups is 1. The fourth-order valence-electron chi connectivity index (χ4n) is 2.63. The van der Waals surface area contributed by atoms with Gasteiger partial charge in [0.05, 0.1) is 28.4 Å². The van der Waals surface area contributed by atoms with Crippen LogP contribution in [0.3, 0.4) is 0 Å². The lowest BCUT2D eigenvalue weighted by atomic mass is 10.0. The monoisotopic (exact) mass is 400 g/mol. The largest absolute Gasteiger partial charge is 0.472 e. The molecule has 0 bridgehead atoms. The molecule has 4 rings (SSSR count). The molecular weight excluding hydrogens is 388 g/mol. The van der Waals surface area contributed by atoms with Crippen molar-refractivity contribution in [2.45, 2.75) is 12.5 Å². The summed E-state index contributed by atoms with van der Waals surface area (Å²) in [5, 5.41) is 7.54. The summed E-state index contributed by atoms with van der Waals surface area (Å²) in [4.78, 5) is 29.6. The highest BCUT2D eigenvalue weighted by Crippen LogP contribution is 2.26. The Hall–Kier alpha value is -2.97. The van der Waals surface area contributed by atoms with Gasteiger partial charge in [0.15, 0.2) is 0 Å². The molecule has 27 heavy (non-hydrogen) atoms. The second-order valence-corrected chi connectivity index (χ2v) is 7.52. The van der Waals surface area contributed by atoms with Crippen LogP contribution >= 0.6 is 22.9 Å². The Morgan fingerprint density at radius 2 is 2.26 bits per heavy atom. The summed E-state index contributed by atoms with van der Waals surface area (Å²) in [6, 6.07) is 6.96. The number of allylic oxidation sites excluding steroid dienone is 1.